The van der Waals surface area contributed by atoms with Gasteiger partial charge in [-0.15, -0.1) is 0 Å². The number of anilines is 1. The minimum atomic E-state index is -0.0976. The Morgan fingerprint density at radius 3 is 3.08 bits per heavy atom. The molecule has 7 nitrogen and oxygen atoms in total. The zero-order valence-electron chi connectivity index (χ0n) is 13.5. The molecule has 3 aromatic heterocycles. The Balaban J connectivity index is 1.49. The molecule has 4 heterocycles. The van der Waals surface area contributed by atoms with Gasteiger partial charge in [0.25, 0.3) is 5.91 Å². The lowest BCUT2D eigenvalue weighted by Gasteiger charge is -2.34. The van der Waals surface area contributed by atoms with Gasteiger partial charge in [0.1, 0.15) is 5.82 Å². The van der Waals surface area contributed by atoms with E-state index in [1.54, 1.807) is 30.9 Å². The summed E-state index contributed by atoms with van der Waals surface area (Å²) in [4.78, 5) is 23.1. The number of aromatic nitrogens is 4. The molecule has 0 aromatic carbocycles. The molecule has 0 radical (unpaired) electrons. The van der Waals surface area contributed by atoms with Crippen LogP contribution in [0.4, 0.5) is 5.82 Å². The topological polar surface area (TPSA) is 75.4 Å². The van der Waals surface area contributed by atoms with E-state index in [1.165, 1.54) is 0 Å². The number of halogens is 1. The average molecular weight is 401 g/mol. The maximum absolute atomic E-state index is 12.5. The summed E-state index contributed by atoms with van der Waals surface area (Å²) in [5.74, 6) is 0.901. The fourth-order valence-corrected chi connectivity index (χ4v) is 3.53. The number of amides is 1. The smallest absolute Gasteiger partial charge is 0.253 e. The minimum Gasteiger partial charge on any atom is -0.354 e. The number of hydrogen-bond acceptors (Lipinski definition) is 5. The Morgan fingerprint density at radius 2 is 2.20 bits per heavy atom. The molecule has 8 heteroatoms. The molecule has 1 N–H and O–H groups in total. The molecule has 3 aromatic rings. The largest absolute Gasteiger partial charge is 0.354 e. The number of fused-ring (bicyclic) bond motifs is 1. The van der Waals surface area contributed by atoms with Crippen molar-refractivity contribution in [3.63, 3.8) is 0 Å². The quantitative estimate of drug-likeness (QED) is 0.729. The zero-order chi connectivity index (χ0) is 17.2. The summed E-state index contributed by atoms with van der Waals surface area (Å²) in [5, 5.41) is 7.47. The third-order valence-electron chi connectivity index (χ3n) is 4.32. The molecule has 4 rings (SSSR count). The first-order valence-corrected chi connectivity index (χ1v) is 8.95. The first kappa shape index (κ1) is 16.0. The highest BCUT2D eigenvalue weighted by molar-refractivity contribution is 9.10. The number of pyridine rings is 1. The van der Waals surface area contributed by atoms with Crippen LogP contribution in [0.15, 0.2) is 47.5 Å². The van der Waals surface area contributed by atoms with Gasteiger partial charge in [-0.3, -0.25) is 9.78 Å². The van der Waals surface area contributed by atoms with Crippen molar-refractivity contribution in [2.75, 3.05) is 18.0 Å². The molecule has 1 amide bonds. The van der Waals surface area contributed by atoms with E-state index in [0.29, 0.717) is 5.56 Å². The molecule has 1 unspecified atom stereocenters. The van der Waals surface area contributed by atoms with Gasteiger partial charge in [-0.05, 0) is 40.9 Å². The molecule has 0 spiro atoms. The van der Waals surface area contributed by atoms with Crippen molar-refractivity contribution in [2.45, 2.75) is 18.9 Å². The van der Waals surface area contributed by atoms with Gasteiger partial charge in [0.05, 0.1) is 11.8 Å². The van der Waals surface area contributed by atoms with Crippen molar-refractivity contribution in [3.05, 3.63) is 53.0 Å². The van der Waals surface area contributed by atoms with Crippen LogP contribution >= 0.6 is 15.9 Å². The number of carbonyl (C=O) groups excluding carboxylic acids is 1. The van der Waals surface area contributed by atoms with Crippen molar-refractivity contribution < 1.29 is 4.79 Å². The van der Waals surface area contributed by atoms with E-state index in [2.05, 4.69) is 41.2 Å². The predicted octanol–water partition coefficient (Wildman–Crippen LogP) is 2.29. The van der Waals surface area contributed by atoms with Gasteiger partial charge in [0, 0.05) is 48.3 Å². The maximum Gasteiger partial charge on any atom is 0.253 e. The average Bonchev–Trinajstić information content (AvgIpc) is 3.10. The normalized spacial score (nSPS) is 17.6. The van der Waals surface area contributed by atoms with Crippen LogP contribution in [0.5, 0.6) is 0 Å². The lowest BCUT2D eigenvalue weighted by molar-refractivity contribution is 0.0932. The molecule has 0 aliphatic carbocycles. The second kappa shape index (κ2) is 6.79. The first-order chi connectivity index (χ1) is 12.2. The van der Waals surface area contributed by atoms with E-state index in [-0.39, 0.29) is 11.9 Å². The summed E-state index contributed by atoms with van der Waals surface area (Å²) in [5.41, 5.74) is 1.38. The number of nitrogens with zero attached hydrogens (tertiary/aromatic N) is 5. The van der Waals surface area contributed by atoms with Crippen molar-refractivity contribution >= 4 is 33.3 Å². The van der Waals surface area contributed by atoms with Gasteiger partial charge in [-0.1, -0.05) is 0 Å². The summed E-state index contributed by atoms with van der Waals surface area (Å²) in [6.45, 7) is 1.68. The Hall–Kier alpha value is -2.48. The molecule has 1 aliphatic rings. The van der Waals surface area contributed by atoms with Gasteiger partial charge in [0.15, 0.2) is 5.65 Å². The molecular formula is C17H17BrN6O. The molecule has 1 fully saturated rings. The fourth-order valence-electron chi connectivity index (χ4n) is 3.17. The monoisotopic (exact) mass is 400 g/mol. The van der Waals surface area contributed by atoms with Crippen molar-refractivity contribution in [2.24, 2.45) is 0 Å². The van der Waals surface area contributed by atoms with Crippen molar-refractivity contribution in [3.8, 4) is 0 Å². The van der Waals surface area contributed by atoms with Gasteiger partial charge >= 0.3 is 0 Å². The van der Waals surface area contributed by atoms with Gasteiger partial charge in [0.2, 0.25) is 0 Å². The highest BCUT2D eigenvalue weighted by Crippen LogP contribution is 2.20. The van der Waals surface area contributed by atoms with Crippen LogP contribution in [0.3, 0.4) is 0 Å². The molecular weight excluding hydrogens is 384 g/mol. The Labute approximate surface area is 153 Å². The van der Waals surface area contributed by atoms with E-state index in [4.69, 9.17) is 0 Å². The van der Waals surface area contributed by atoms with Crippen LogP contribution in [0.25, 0.3) is 5.65 Å². The Kier molecular flexibility index (Phi) is 4.35. The Morgan fingerprint density at radius 1 is 1.28 bits per heavy atom. The van der Waals surface area contributed by atoms with Crippen LogP contribution in [0, 0.1) is 0 Å². The summed E-state index contributed by atoms with van der Waals surface area (Å²) in [7, 11) is 0. The molecule has 1 saturated heterocycles. The molecule has 128 valence electrons. The molecule has 1 atom stereocenters. The fraction of sp³-hybridized carbons (Fsp3) is 0.294. The van der Waals surface area contributed by atoms with Gasteiger partial charge < -0.3 is 10.2 Å². The molecule has 0 bridgehead atoms. The van der Waals surface area contributed by atoms with E-state index in [9.17, 15) is 4.79 Å². The summed E-state index contributed by atoms with van der Waals surface area (Å²) < 4.78 is 2.63. The van der Waals surface area contributed by atoms with Gasteiger partial charge in [-0.2, -0.15) is 9.61 Å². The van der Waals surface area contributed by atoms with E-state index in [0.717, 1.165) is 41.9 Å². The van der Waals surface area contributed by atoms with Crippen LogP contribution < -0.4 is 10.2 Å². The van der Waals surface area contributed by atoms with Gasteiger partial charge in [-0.25, -0.2) is 4.98 Å². The lowest BCUT2D eigenvalue weighted by Crippen LogP contribution is -2.48. The number of carbonyl (C=O) groups is 1. The molecule has 1 aliphatic heterocycles. The van der Waals surface area contributed by atoms with Crippen LogP contribution in [-0.4, -0.2) is 44.6 Å². The zero-order valence-corrected chi connectivity index (χ0v) is 15.1. The standard InChI is InChI=1S/C17H17BrN6O/c18-13-8-12(9-19-10-13)17(25)22-14-2-1-7-23(11-14)16-4-5-20-15-3-6-21-24(15)16/h3-6,8-10,14H,1-2,7,11H2,(H,22,25). The second-order valence-corrected chi connectivity index (χ2v) is 6.97. The Bertz CT molecular complexity index is 911. The highest BCUT2D eigenvalue weighted by Gasteiger charge is 2.23. The van der Waals surface area contributed by atoms with E-state index >= 15 is 0 Å². The number of piperidine rings is 1. The highest BCUT2D eigenvalue weighted by atomic mass is 79.9. The summed E-state index contributed by atoms with van der Waals surface area (Å²) in [6.07, 6.45) is 8.75. The van der Waals surface area contributed by atoms with Crippen molar-refractivity contribution in [1.82, 2.24) is 24.9 Å². The SMILES string of the molecule is O=C(NC1CCCN(c2ccnc3ccnn23)C1)c1cncc(Br)c1. The van der Waals surface area contributed by atoms with E-state index < -0.39 is 0 Å². The lowest BCUT2D eigenvalue weighted by atomic mass is 10.1. The molecule has 25 heavy (non-hydrogen) atoms. The number of hydrogen-bond donors (Lipinski definition) is 1. The first-order valence-electron chi connectivity index (χ1n) is 8.16. The third-order valence-corrected chi connectivity index (χ3v) is 4.75. The number of nitrogens with one attached hydrogen (secondary N) is 1. The maximum atomic E-state index is 12.5. The van der Waals surface area contributed by atoms with Crippen molar-refractivity contribution in [1.29, 1.82) is 0 Å². The summed E-state index contributed by atoms with van der Waals surface area (Å²) >= 11 is 3.35. The van der Waals surface area contributed by atoms with Crippen LogP contribution in [0.2, 0.25) is 0 Å². The van der Waals surface area contributed by atoms with Crippen LogP contribution in [-0.2, 0) is 0 Å². The predicted molar refractivity (Wildman–Crippen MR) is 97.6 cm³/mol. The van der Waals surface area contributed by atoms with Crippen LogP contribution in [0.1, 0.15) is 23.2 Å². The summed E-state index contributed by atoms with van der Waals surface area (Å²) in [6, 6.07) is 5.70. The minimum absolute atomic E-state index is 0.0824. The van der Waals surface area contributed by atoms with E-state index in [1.807, 2.05) is 16.6 Å². The number of rotatable bonds is 3. The third kappa shape index (κ3) is 3.34. The second-order valence-electron chi connectivity index (χ2n) is 6.05. The molecule has 0 saturated carbocycles.